The fraction of sp³-hybridized carbons (Fsp3) is 0.389. The average molecular weight is 396 g/mol. The molecule has 1 aromatic carbocycles. The summed E-state index contributed by atoms with van der Waals surface area (Å²) in [7, 11) is -3.57. The molecule has 0 radical (unpaired) electrons. The maximum atomic E-state index is 12.9. The number of thiophene rings is 1. The first-order valence-electron chi connectivity index (χ1n) is 8.51. The fourth-order valence-corrected chi connectivity index (χ4v) is 5.48. The third kappa shape index (κ3) is 5.91. The molecule has 8 heteroatoms. The molecule has 0 saturated heterocycles. The van der Waals surface area contributed by atoms with Gasteiger partial charge in [-0.25, -0.2) is 8.42 Å². The number of nitrogens with two attached hydrogens (primary N) is 1. The number of sulfonamides is 1. The topological polar surface area (TPSA) is 92.5 Å². The molecule has 0 fully saturated rings. The van der Waals surface area contributed by atoms with Crippen LogP contribution in [0.1, 0.15) is 17.4 Å². The van der Waals surface area contributed by atoms with Crippen molar-refractivity contribution in [2.75, 3.05) is 26.2 Å². The number of benzene rings is 1. The van der Waals surface area contributed by atoms with E-state index in [0.717, 1.165) is 10.4 Å². The summed E-state index contributed by atoms with van der Waals surface area (Å²) in [5.41, 5.74) is 6.72. The van der Waals surface area contributed by atoms with Crippen LogP contribution in [-0.2, 0) is 27.7 Å². The van der Waals surface area contributed by atoms with E-state index in [0.29, 0.717) is 30.1 Å². The minimum Gasteiger partial charge on any atom is -0.356 e. The van der Waals surface area contributed by atoms with E-state index in [2.05, 4.69) is 5.32 Å². The molecule has 6 nitrogen and oxygen atoms in total. The van der Waals surface area contributed by atoms with Crippen molar-refractivity contribution < 1.29 is 13.2 Å². The van der Waals surface area contributed by atoms with Gasteiger partial charge in [-0.1, -0.05) is 30.3 Å². The second kappa shape index (κ2) is 9.82. The van der Waals surface area contributed by atoms with Crippen LogP contribution in [0.25, 0.3) is 0 Å². The van der Waals surface area contributed by atoms with Gasteiger partial charge in [0.05, 0.1) is 0 Å². The standard InChI is InChI=1S/C18H25N3O3S2/c1-15(22)20-12-9-17-7-8-18(25-17)26(23,24)21(14-11-19)13-10-16-5-3-2-4-6-16/h2-8H,9-14,19H2,1H3,(H,20,22). The van der Waals surface area contributed by atoms with Crippen molar-refractivity contribution in [2.45, 2.75) is 24.0 Å². The van der Waals surface area contributed by atoms with Gasteiger partial charge < -0.3 is 11.1 Å². The fourth-order valence-electron chi connectivity index (χ4n) is 2.51. The lowest BCUT2D eigenvalue weighted by Gasteiger charge is -2.20. The van der Waals surface area contributed by atoms with Crippen molar-refractivity contribution in [2.24, 2.45) is 5.73 Å². The van der Waals surface area contributed by atoms with Crippen molar-refractivity contribution in [3.8, 4) is 0 Å². The lowest BCUT2D eigenvalue weighted by molar-refractivity contribution is -0.118. The van der Waals surface area contributed by atoms with Gasteiger partial charge in [0.25, 0.3) is 10.0 Å². The third-order valence-corrected chi connectivity index (χ3v) is 7.36. The number of rotatable bonds is 10. The van der Waals surface area contributed by atoms with Gasteiger partial charge in [0, 0.05) is 38.0 Å². The molecule has 0 aliphatic heterocycles. The van der Waals surface area contributed by atoms with Crippen LogP contribution >= 0.6 is 11.3 Å². The van der Waals surface area contributed by atoms with E-state index in [-0.39, 0.29) is 19.0 Å². The highest BCUT2D eigenvalue weighted by Gasteiger charge is 2.25. The number of nitrogens with zero attached hydrogens (tertiary/aromatic N) is 1. The molecule has 1 heterocycles. The first-order valence-corrected chi connectivity index (χ1v) is 10.8. The number of hydrogen-bond acceptors (Lipinski definition) is 5. The predicted molar refractivity (Wildman–Crippen MR) is 105 cm³/mol. The summed E-state index contributed by atoms with van der Waals surface area (Å²) in [6.07, 6.45) is 1.25. The molecule has 2 rings (SSSR count). The highest BCUT2D eigenvalue weighted by Crippen LogP contribution is 2.25. The Kier molecular flexibility index (Phi) is 7.77. The van der Waals surface area contributed by atoms with Gasteiger partial charge in [-0.3, -0.25) is 4.79 Å². The Morgan fingerprint density at radius 3 is 2.50 bits per heavy atom. The zero-order valence-electron chi connectivity index (χ0n) is 14.8. The average Bonchev–Trinajstić information content (AvgIpc) is 3.09. The Hall–Kier alpha value is -1.74. The molecule has 0 aliphatic rings. The normalized spacial score (nSPS) is 11.7. The van der Waals surface area contributed by atoms with Crippen LogP contribution < -0.4 is 11.1 Å². The summed E-state index contributed by atoms with van der Waals surface area (Å²) in [6.45, 7) is 2.91. The second-order valence-electron chi connectivity index (χ2n) is 5.88. The molecule has 1 aromatic heterocycles. The zero-order chi connectivity index (χ0) is 19.0. The SMILES string of the molecule is CC(=O)NCCc1ccc(S(=O)(=O)N(CCN)CCc2ccccc2)s1. The summed E-state index contributed by atoms with van der Waals surface area (Å²) in [4.78, 5) is 11.9. The van der Waals surface area contributed by atoms with Crippen molar-refractivity contribution in [3.63, 3.8) is 0 Å². The van der Waals surface area contributed by atoms with Crippen LogP contribution in [-0.4, -0.2) is 44.8 Å². The molecule has 0 saturated carbocycles. The molecule has 0 unspecified atom stereocenters. The van der Waals surface area contributed by atoms with Crippen molar-refractivity contribution in [1.29, 1.82) is 0 Å². The maximum Gasteiger partial charge on any atom is 0.252 e. The van der Waals surface area contributed by atoms with Crippen molar-refractivity contribution in [1.82, 2.24) is 9.62 Å². The number of hydrogen-bond donors (Lipinski definition) is 2. The zero-order valence-corrected chi connectivity index (χ0v) is 16.5. The Morgan fingerprint density at radius 2 is 1.85 bits per heavy atom. The summed E-state index contributed by atoms with van der Waals surface area (Å²) in [5.74, 6) is -0.0931. The van der Waals surface area contributed by atoms with E-state index in [4.69, 9.17) is 5.73 Å². The van der Waals surface area contributed by atoms with Crippen LogP contribution in [0.15, 0.2) is 46.7 Å². The first-order chi connectivity index (χ1) is 12.4. The Morgan fingerprint density at radius 1 is 1.12 bits per heavy atom. The molecule has 142 valence electrons. The molecular weight excluding hydrogens is 370 g/mol. The summed E-state index contributed by atoms with van der Waals surface area (Å²) >= 11 is 1.25. The van der Waals surface area contributed by atoms with E-state index < -0.39 is 10.0 Å². The Labute approximate surface area is 159 Å². The lowest BCUT2D eigenvalue weighted by atomic mass is 10.1. The molecule has 0 atom stereocenters. The van der Waals surface area contributed by atoms with Gasteiger partial charge in [-0.05, 0) is 30.5 Å². The second-order valence-corrected chi connectivity index (χ2v) is 9.22. The van der Waals surface area contributed by atoms with Gasteiger partial charge in [0.2, 0.25) is 5.91 Å². The van der Waals surface area contributed by atoms with E-state index in [9.17, 15) is 13.2 Å². The number of carbonyl (C=O) groups is 1. The summed E-state index contributed by atoms with van der Waals surface area (Å²) in [6, 6.07) is 13.2. The molecule has 0 spiro atoms. The molecule has 0 aliphatic carbocycles. The predicted octanol–water partition coefficient (Wildman–Crippen LogP) is 1.62. The van der Waals surface area contributed by atoms with Gasteiger partial charge in [0.1, 0.15) is 4.21 Å². The third-order valence-electron chi connectivity index (χ3n) is 3.85. The lowest BCUT2D eigenvalue weighted by Crippen LogP contribution is -2.36. The molecular formula is C18H25N3O3S2. The maximum absolute atomic E-state index is 12.9. The van der Waals surface area contributed by atoms with Crippen LogP contribution in [0.5, 0.6) is 0 Å². The molecule has 2 aromatic rings. The molecule has 3 N–H and O–H groups in total. The molecule has 1 amide bonds. The highest BCUT2D eigenvalue weighted by molar-refractivity contribution is 7.91. The largest absolute Gasteiger partial charge is 0.356 e. The first kappa shape index (κ1) is 20.6. The number of amides is 1. The monoisotopic (exact) mass is 395 g/mol. The van der Waals surface area contributed by atoms with Crippen molar-refractivity contribution >= 4 is 27.3 Å². The van der Waals surface area contributed by atoms with Crippen molar-refractivity contribution in [3.05, 3.63) is 52.9 Å². The summed E-state index contributed by atoms with van der Waals surface area (Å²) < 4.78 is 27.7. The number of carbonyl (C=O) groups excluding carboxylic acids is 1. The van der Waals surface area contributed by atoms with E-state index in [1.54, 1.807) is 12.1 Å². The van der Waals surface area contributed by atoms with Gasteiger partial charge in [-0.2, -0.15) is 4.31 Å². The highest BCUT2D eigenvalue weighted by atomic mass is 32.2. The minimum absolute atomic E-state index is 0.0931. The van der Waals surface area contributed by atoms with Crippen LogP contribution in [0.3, 0.4) is 0 Å². The van der Waals surface area contributed by atoms with Gasteiger partial charge in [-0.15, -0.1) is 11.3 Å². The Balaban J connectivity index is 2.06. The van der Waals surface area contributed by atoms with E-state index >= 15 is 0 Å². The molecule has 26 heavy (non-hydrogen) atoms. The van der Waals surface area contributed by atoms with E-state index in [1.165, 1.54) is 22.6 Å². The minimum atomic E-state index is -3.57. The van der Waals surface area contributed by atoms with Gasteiger partial charge in [0.15, 0.2) is 0 Å². The van der Waals surface area contributed by atoms with Crippen LogP contribution in [0, 0.1) is 0 Å². The van der Waals surface area contributed by atoms with Crippen LogP contribution in [0.2, 0.25) is 0 Å². The number of nitrogens with one attached hydrogen (secondary N) is 1. The quantitative estimate of drug-likeness (QED) is 0.639. The Bertz CT molecular complexity index is 804. The molecule has 0 bridgehead atoms. The van der Waals surface area contributed by atoms with E-state index in [1.807, 2.05) is 30.3 Å². The van der Waals surface area contributed by atoms with Crippen LogP contribution in [0.4, 0.5) is 0 Å². The smallest absolute Gasteiger partial charge is 0.252 e. The summed E-state index contributed by atoms with van der Waals surface area (Å²) in [5, 5.41) is 2.71. The van der Waals surface area contributed by atoms with Gasteiger partial charge >= 0.3 is 0 Å².